The SMILES string of the molecule is c1ccc2c(c1)sc1ccc(-c3nccc4ncccc34)nc12. The van der Waals surface area contributed by atoms with Gasteiger partial charge in [-0.25, -0.2) is 4.98 Å². The Balaban J connectivity index is 1.84. The molecule has 0 saturated heterocycles. The molecule has 0 fully saturated rings. The molecule has 0 aliphatic heterocycles. The third-order valence-corrected chi connectivity index (χ3v) is 5.12. The van der Waals surface area contributed by atoms with Gasteiger partial charge in [-0.1, -0.05) is 18.2 Å². The summed E-state index contributed by atoms with van der Waals surface area (Å²) in [7, 11) is 0. The van der Waals surface area contributed by atoms with Crippen molar-refractivity contribution >= 4 is 42.5 Å². The molecule has 0 aliphatic carbocycles. The summed E-state index contributed by atoms with van der Waals surface area (Å²) in [5, 5.41) is 2.23. The molecule has 0 spiro atoms. The van der Waals surface area contributed by atoms with Crippen molar-refractivity contribution in [2.24, 2.45) is 0 Å². The fourth-order valence-electron chi connectivity index (χ4n) is 2.93. The van der Waals surface area contributed by atoms with Crippen molar-refractivity contribution in [1.82, 2.24) is 15.0 Å². The van der Waals surface area contributed by atoms with E-state index in [1.54, 1.807) is 23.7 Å². The maximum Gasteiger partial charge on any atom is 0.0980 e. The molecule has 5 aromatic rings. The first-order valence-corrected chi connectivity index (χ1v) is 8.20. The first kappa shape index (κ1) is 12.7. The maximum absolute atomic E-state index is 4.90. The third kappa shape index (κ3) is 1.92. The number of nitrogens with zero attached hydrogens (tertiary/aromatic N) is 3. The van der Waals surface area contributed by atoms with Crippen molar-refractivity contribution in [2.75, 3.05) is 0 Å². The van der Waals surface area contributed by atoms with E-state index in [0.29, 0.717) is 0 Å². The minimum Gasteiger partial charge on any atom is -0.256 e. The summed E-state index contributed by atoms with van der Waals surface area (Å²) in [5.74, 6) is 0. The van der Waals surface area contributed by atoms with Crippen LogP contribution in [0.5, 0.6) is 0 Å². The topological polar surface area (TPSA) is 38.7 Å². The van der Waals surface area contributed by atoms with Crippen molar-refractivity contribution in [3.05, 3.63) is 67.0 Å². The molecule has 5 rings (SSSR count). The highest BCUT2D eigenvalue weighted by atomic mass is 32.1. The highest BCUT2D eigenvalue weighted by Crippen LogP contribution is 2.34. The Labute approximate surface area is 136 Å². The van der Waals surface area contributed by atoms with Crippen LogP contribution in [0.3, 0.4) is 0 Å². The third-order valence-electron chi connectivity index (χ3n) is 3.99. The van der Waals surface area contributed by atoms with Crippen molar-refractivity contribution in [2.45, 2.75) is 0 Å². The second-order valence-electron chi connectivity index (χ2n) is 5.37. The van der Waals surface area contributed by atoms with E-state index >= 15 is 0 Å². The summed E-state index contributed by atoms with van der Waals surface area (Å²) in [6.07, 6.45) is 3.59. The number of aromatic nitrogens is 3. The number of fused-ring (bicyclic) bond motifs is 4. The van der Waals surface area contributed by atoms with E-state index < -0.39 is 0 Å². The van der Waals surface area contributed by atoms with Crippen LogP contribution >= 0.6 is 11.3 Å². The van der Waals surface area contributed by atoms with Crippen LogP contribution in [0, 0.1) is 0 Å². The zero-order valence-electron chi connectivity index (χ0n) is 12.1. The standard InChI is InChI=1S/C19H11N3S/c1-2-6-16-13(4-1)19-17(23-16)8-7-15(22-19)18-12-5-3-10-20-14(12)9-11-21-18/h1-11H. The molecule has 0 atom stereocenters. The second-order valence-corrected chi connectivity index (χ2v) is 6.45. The molecule has 4 heterocycles. The van der Waals surface area contributed by atoms with E-state index in [0.717, 1.165) is 27.8 Å². The highest BCUT2D eigenvalue weighted by Gasteiger charge is 2.11. The molecule has 0 N–H and O–H groups in total. The summed E-state index contributed by atoms with van der Waals surface area (Å²) in [6, 6.07) is 18.5. The molecule has 0 amide bonds. The Kier molecular flexibility index (Phi) is 2.66. The van der Waals surface area contributed by atoms with Gasteiger partial charge in [0.15, 0.2) is 0 Å². The number of thiophene rings is 1. The summed E-state index contributed by atoms with van der Waals surface area (Å²) < 4.78 is 2.47. The van der Waals surface area contributed by atoms with Gasteiger partial charge in [0.25, 0.3) is 0 Å². The zero-order valence-corrected chi connectivity index (χ0v) is 12.9. The summed E-state index contributed by atoms with van der Waals surface area (Å²) >= 11 is 1.77. The van der Waals surface area contributed by atoms with E-state index in [1.807, 2.05) is 24.3 Å². The molecule has 3 nitrogen and oxygen atoms in total. The maximum atomic E-state index is 4.90. The van der Waals surface area contributed by atoms with E-state index in [-0.39, 0.29) is 0 Å². The molecule has 4 heteroatoms. The van der Waals surface area contributed by atoms with E-state index in [9.17, 15) is 0 Å². The lowest BCUT2D eigenvalue weighted by atomic mass is 10.1. The molecule has 108 valence electrons. The highest BCUT2D eigenvalue weighted by molar-refractivity contribution is 7.25. The molecular formula is C19H11N3S. The fraction of sp³-hybridized carbons (Fsp3) is 0. The summed E-state index contributed by atoms with van der Waals surface area (Å²) in [4.78, 5) is 13.9. The predicted molar refractivity (Wildman–Crippen MR) is 95.7 cm³/mol. The Hall–Kier alpha value is -2.85. The van der Waals surface area contributed by atoms with E-state index in [2.05, 4.69) is 40.3 Å². The molecule has 0 aliphatic rings. The van der Waals surface area contributed by atoms with Gasteiger partial charge in [-0.15, -0.1) is 11.3 Å². The molecule has 0 saturated carbocycles. The molecule has 23 heavy (non-hydrogen) atoms. The monoisotopic (exact) mass is 313 g/mol. The zero-order chi connectivity index (χ0) is 15.2. The van der Waals surface area contributed by atoms with Gasteiger partial charge in [0, 0.05) is 27.9 Å². The molecule has 0 unspecified atom stereocenters. The predicted octanol–water partition coefficient (Wildman–Crippen LogP) is 5.06. The largest absolute Gasteiger partial charge is 0.256 e. The number of hydrogen-bond donors (Lipinski definition) is 0. The van der Waals surface area contributed by atoms with E-state index in [1.165, 1.54) is 14.8 Å². The Morgan fingerprint density at radius 2 is 1.61 bits per heavy atom. The Bertz CT molecular complexity index is 1170. The fourth-order valence-corrected chi connectivity index (χ4v) is 3.98. The van der Waals surface area contributed by atoms with Gasteiger partial charge >= 0.3 is 0 Å². The minimum atomic E-state index is 0.882. The summed E-state index contributed by atoms with van der Waals surface area (Å²) in [5.41, 5.74) is 3.76. The van der Waals surface area contributed by atoms with Crippen LogP contribution in [0.1, 0.15) is 0 Å². The smallest absolute Gasteiger partial charge is 0.0980 e. The lowest BCUT2D eigenvalue weighted by Crippen LogP contribution is -1.90. The normalized spacial score (nSPS) is 11.5. The average molecular weight is 313 g/mol. The Morgan fingerprint density at radius 3 is 2.61 bits per heavy atom. The lowest BCUT2D eigenvalue weighted by molar-refractivity contribution is 1.29. The lowest BCUT2D eigenvalue weighted by Gasteiger charge is -2.04. The van der Waals surface area contributed by atoms with Gasteiger partial charge in [0.1, 0.15) is 0 Å². The van der Waals surface area contributed by atoms with Crippen LogP contribution in [0.4, 0.5) is 0 Å². The average Bonchev–Trinajstić information content (AvgIpc) is 2.99. The van der Waals surface area contributed by atoms with Gasteiger partial charge in [0.05, 0.1) is 27.1 Å². The quantitative estimate of drug-likeness (QED) is 0.434. The number of benzene rings is 1. The van der Waals surface area contributed by atoms with Gasteiger partial charge in [-0.3, -0.25) is 9.97 Å². The number of pyridine rings is 3. The first-order valence-electron chi connectivity index (χ1n) is 7.38. The van der Waals surface area contributed by atoms with Gasteiger partial charge in [-0.2, -0.15) is 0 Å². The van der Waals surface area contributed by atoms with Crippen LogP contribution in [-0.2, 0) is 0 Å². The summed E-state index contributed by atoms with van der Waals surface area (Å²) in [6.45, 7) is 0. The van der Waals surface area contributed by atoms with Crippen molar-refractivity contribution < 1.29 is 0 Å². The van der Waals surface area contributed by atoms with Crippen LogP contribution in [0.15, 0.2) is 67.0 Å². The molecule has 0 radical (unpaired) electrons. The van der Waals surface area contributed by atoms with Gasteiger partial charge < -0.3 is 0 Å². The van der Waals surface area contributed by atoms with Crippen LogP contribution in [-0.4, -0.2) is 15.0 Å². The van der Waals surface area contributed by atoms with Crippen LogP contribution in [0.2, 0.25) is 0 Å². The molecule has 4 aromatic heterocycles. The number of hydrogen-bond acceptors (Lipinski definition) is 4. The van der Waals surface area contributed by atoms with Crippen molar-refractivity contribution in [3.63, 3.8) is 0 Å². The minimum absolute atomic E-state index is 0.882. The number of rotatable bonds is 1. The van der Waals surface area contributed by atoms with Crippen molar-refractivity contribution in [3.8, 4) is 11.4 Å². The van der Waals surface area contributed by atoms with Crippen LogP contribution < -0.4 is 0 Å². The van der Waals surface area contributed by atoms with Crippen LogP contribution in [0.25, 0.3) is 42.6 Å². The van der Waals surface area contributed by atoms with Gasteiger partial charge in [-0.05, 0) is 36.4 Å². The second kappa shape index (κ2) is 4.83. The van der Waals surface area contributed by atoms with Gasteiger partial charge in [0.2, 0.25) is 0 Å². The first-order chi connectivity index (χ1) is 11.4. The van der Waals surface area contributed by atoms with E-state index in [4.69, 9.17) is 4.98 Å². The molecule has 0 bridgehead atoms. The van der Waals surface area contributed by atoms with Crippen molar-refractivity contribution in [1.29, 1.82) is 0 Å². The molecule has 1 aromatic carbocycles. The molecular weight excluding hydrogens is 302 g/mol. The Morgan fingerprint density at radius 1 is 0.696 bits per heavy atom.